The summed E-state index contributed by atoms with van der Waals surface area (Å²) in [7, 11) is -3.50. The fourth-order valence-electron chi connectivity index (χ4n) is 3.47. The molecule has 0 radical (unpaired) electrons. The highest BCUT2D eigenvalue weighted by molar-refractivity contribution is 7.91. The minimum absolute atomic E-state index is 0.0682. The number of nitrogens with zero attached hydrogens (tertiary/aromatic N) is 1. The molecule has 1 aromatic heterocycles. The molecule has 7 heteroatoms. The van der Waals surface area contributed by atoms with E-state index in [2.05, 4.69) is 17.4 Å². The maximum atomic E-state index is 12.9. The first kappa shape index (κ1) is 20.0. The SMILES string of the molecule is O=C(C[C@@H]1CCCCN1S(=O)(=O)c1cccs1)NCCCc1ccccc1. The van der Waals surface area contributed by atoms with Gasteiger partial charge in [0.1, 0.15) is 4.21 Å². The van der Waals surface area contributed by atoms with E-state index in [9.17, 15) is 13.2 Å². The first-order valence-electron chi connectivity index (χ1n) is 9.43. The van der Waals surface area contributed by atoms with Crippen molar-refractivity contribution < 1.29 is 13.2 Å². The van der Waals surface area contributed by atoms with Crippen LogP contribution in [0, 0.1) is 0 Å². The molecule has 146 valence electrons. The molecule has 1 aliphatic rings. The van der Waals surface area contributed by atoms with Gasteiger partial charge in [-0.2, -0.15) is 4.31 Å². The molecule has 1 aromatic carbocycles. The van der Waals surface area contributed by atoms with Crippen LogP contribution in [0.2, 0.25) is 0 Å². The topological polar surface area (TPSA) is 66.5 Å². The highest BCUT2D eigenvalue weighted by Gasteiger charge is 2.35. The van der Waals surface area contributed by atoms with Crippen LogP contribution in [0.4, 0.5) is 0 Å². The molecule has 2 aromatic rings. The zero-order chi connectivity index (χ0) is 19.1. The summed E-state index contributed by atoms with van der Waals surface area (Å²) in [5.41, 5.74) is 1.26. The molecule has 0 bridgehead atoms. The standard InChI is InChI=1S/C20H26N2O3S2/c23-19(21-13-6-10-17-8-2-1-3-9-17)16-18-11-4-5-14-22(18)27(24,25)20-12-7-15-26-20/h1-3,7-9,12,15,18H,4-6,10-11,13-14,16H2,(H,21,23)/t18-/m0/s1. The highest BCUT2D eigenvalue weighted by Crippen LogP contribution is 2.29. The molecule has 1 fully saturated rings. The van der Waals surface area contributed by atoms with Gasteiger partial charge < -0.3 is 5.32 Å². The van der Waals surface area contributed by atoms with Gasteiger partial charge in [-0.1, -0.05) is 42.8 Å². The molecular weight excluding hydrogens is 380 g/mol. The van der Waals surface area contributed by atoms with E-state index < -0.39 is 10.0 Å². The van der Waals surface area contributed by atoms with Crippen LogP contribution in [0.15, 0.2) is 52.1 Å². The third-order valence-corrected chi connectivity index (χ3v) is 8.18. The molecular formula is C20H26N2O3S2. The van der Waals surface area contributed by atoms with Crippen LogP contribution in [-0.2, 0) is 21.2 Å². The van der Waals surface area contributed by atoms with E-state index in [4.69, 9.17) is 0 Å². The minimum Gasteiger partial charge on any atom is -0.356 e. The second-order valence-electron chi connectivity index (χ2n) is 6.84. The smallest absolute Gasteiger partial charge is 0.252 e. The van der Waals surface area contributed by atoms with Crippen LogP contribution in [0.1, 0.15) is 37.7 Å². The lowest BCUT2D eigenvalue weighted by molar-refractivity contribution is -0.122. The summed E-state index contributed by atoms with van der Waals surface area (Å²) in [4.78, 5) is 12.4. The Labute approximate surface area is 165 Å². The van der Waals surface area contributed by atoms with Crippen molar-refractivity contribution >= 4 is 27.3 Å². The predicted octanol–water partition coefficient (Wildman–Crippen LogP) is 3.43. The quantitative estimate of drug-likeness (QED) is 0.683. The molecule has 0 unspecified atom stereocenters. The Balaban J connectivity index is 1.51. The van der Waals surface area contributed by atoms with Gasteiger partial charge in [-0.05, 0) is 42.7 Å². The first-order chi connectivity index (χ1) is 13.1. The average Bonchev–Trinajstić information content (AvgIpc) is 3.22. The molecule has 1 N–H and O–H groups in total. The Morgan fingerprint density at radius 1 is 1.15 bits per heavy atom. The number of carbonyl (C=O) groups excluding carboxylic acids is 1. The van der Waals surface area contributed by atoms with E-state index in [0.29, 0.717) is 17.3 Å². The fourth-order valence-corrected chi connectivity index (χ4v) is 6.28. The number of hydrogen-bond donors (Lipinski definition) is 1. The van der Waals surface area contributed by atoms with Crippen molar-refractivity contribution in [2.75, 3.05) is 13.1 Å². The lowest BCUT2D eigenvalue weighted by Crippen LogP contribution is -2.45. The van der Waals surface area contributed by atoms with Gasteiger partial charge in [0.2, 0.25) is 5.91 Å². The Kier molecular flexibility index (Phi) is 7.04. The number of sulfonamides is 1. The number of thiophene rings is 1. The van der Waals surface area contributed by atoms with E-state index in [1.807, 2.05) is 18.2 Å². The number of nitrogens with one attached hydrogen (secondary N) is 1. The van der Waals surface area contributed by atoms with E-state index in [0.717, 1.165) is 32.1 Å². The second-order valence-corrected chi connectivity index (χ2v) is 9.91. The van der Waals surface area contributed by atoms with Crippen LogP contribution in [0.5, 0.6) is 0 Å². The molecule has 0 spiro atoms. The third kappa shape index (κ3) is 5.40. The Bertz CT molecular complexity index is 820. The van der Waals surface area contributed by atoms with E-state index in [-0.39, 0.29) is 18.4 Å². The lowest BCUT2D eigenvalue weighted by Gasteiger charge is -2.34. The maximum Gasteiger partial charge on any atom is 0.252 e. The van der Waals surface area contributed by atoms with Gasteiger partial charge in [-0.25, -0.2) is 8.42 Å². The summed E-state index contributed by atoms with van der Waals surface area (Å²) < 4.78 is 27.6. The monoisotopic (exact) mass is 406 g/mol. The first-order valence-corrected chi connectivity index (χ1v) is 11.8. The van der Waals surface area contributed by atoms with Gasteiger partial charge in [0.05, 0.1) is 0 Å². The van der Waals surface area contributed by atoms with Crippen molar-refractivity contribution in [3.63, 3.8) is 0 Å². The molecule has 0 aliphatic carbocycles. The summed E-state index contributed by atoms with van der Waals surface area (Å²) in [6.07, 6.45) is 4.57. The maximum absolute atomic E-state index is 12.9. The zero-order valence-electron chi connectivity index (χ0n) is 15.3. The van der Waals surface area contributed by atoms with Gasteiger partial charge in [-0.15, -0.1) is 11.3 Å². The summed E-state index contributed by atoms with van der Waals surface area (Å²) >= 11 is 1.23. The molecule has 2 heterocycles. The molecule has 1 aliphatic heterocycles. The number of rotatable bonds is 8. The largest absolute Gasteiger partial charge is 0.356 e. The number of piperidine rings is 1. The van der Waals surface area contributed by atoms with Crippen molar-refractivity contribution in [2.45, 2.75) is 48.8 Å². The van der Waals surface area contributed by atoms with Crippen LogP contribution >= 0.6 is 11.3 Å². The summed E-state index contributed by atoms with van der Waals surface area (Å²) in [5, 5.41) is 4.72. The van der Waals surface area contributed by atoms with Gasteiger partial charge in [0.25, 0.3) is 10.0 Å². The van der Waals surface area contributed by atoms with Gasteiger partial charge >= 0.3 is 0 Å². The van der Waals surface area contributed by atoms with Crippen LogP contribution in [0.3, 0.4) is 0 Å². The van der Waals surface area contributed by atoms with Crippen molar-refractivity contribution in [1.29, 1.82) is 0 Å². The molecule has 3 rings (SSSR count). The molecule has 0 saturated carbocycles. The fraction of sp³-hybridized carbons (Fsp3) is 0.450. The summed E-state index contributed by atoms with van der Waals surface area (Å²) in [5.74, 6) is -0.0682. The Hall–Kier alpha value is -1.70. The van der Waals surface area contributed by atoms with Gasteiger partial charge in [-0.3, -0.25) is 4.79 Å². The molecule has 27 heavy (non-hydrogen) atoms. The van der Waals surface area contributed by atoms with Gasteiger partial charge in [0, 0.05) is 25.6 Å². The van der Waals surface area contributed by atoms with Crippen molar-refractivity contribution in [2.24, 2.45) is 0 Å². The zero-order valence-corrected chi connectivity index (χ0v) is 17.0. The number of carbonyl (C=O) groups is 1. The van der Waals surface area contributed by atoms with E-state index >= 15 is 0 Å². The summed E-state index contributed by atoms with van der Waals surface area (Å²) in [6.45, 7) is 1.10. The third-order valence-electron chi connectivity index (χ3n) is 4.86. The van der Waals surface area contributed by atoms with E-state index in [1.54, 1.807) is 17.5 Å². The van der Waals surface area contributed by atoms with Crippen LogP contribution in [0.25, 0.3) is 0 Å². The number of hydrogen-bond acceptors (Lipinski definition) is 4. The predicted molar refractivity (Wildman–Crippen MR) is 108 cm³/mol. The number of aryl methyl sites for hydroxylation is 1. The number of benzene rings is 1. The van der Waals surface area contributed by atoms with Gasteiger partial charge in [0.15, 0.2) is 0 Å². The molecule has 1 amide bonds. The highest BCUT2D eigenvalue weighted by atomic mass is 32.2. The average molecular weight is 407 g/mol. The molecule has 5 nitrogen and oxygen atoms in total. The minimum atomic E-state index is -3.50. The molecule has 1 saturated heterocycles. The van der Waals surface area contributed by atoms with Crippen LogP contribution < -0.4 is 5.32 Å². The second kappa shape index (κ2) is 9.48. The van der Waals surface area contributed by atoms with E-state index in [1.165, 1.54) is 21.2 Å². The number of amides is 1. The lowest BCUT2D eigenvalue weighted by atomic mass is 10.0. The molecule has 1 atom stereocenters. The van der Waals surface area contributed by atoms with Crippen LogP contribution in [-0.4, -0.2) is 37.8 Å². The van der Waals surface area contributed by atoms with Crippen molar-refractivity contribution in [3.05, 3.63) is 53.4 Å². The van der Waals surface area contributed by atoms with Crippen molar-refractivity contribution in [3.8, 4) is 0 Å². The van der Waals surface area contributed by atoms with Crippen molar-refractivity contribution in [1.82, 2.24) is 9.62 Å². The normalized spacial score (nSPS) is 18.3. The summed E-state index contributed by atoms with van der Waals surface area (Å²) in [6, 6.07) is 13.3. The Morgan fingerprint density at radius 3 is 2.70 bits per heavy atom. The Morgan fingerprint density at radius 2 is 1.96 bits per heavy atom.